The van der Waals surface area contributed by atoms with E-state index in [9.17, 15) is 4.79 Å². The smallest absolute Gasteiger partial charge is 0.247 e. The Morgan fingerprint density at radius 2 is 2.04 bits per heavy atom. The maximum atomic E-state index is 12.7. The van der Waals surface area contributed by atoms with E-state index in [1.165, 1.54) is 0 Å². The molecule has 4 rings (SSSR count). The molecule has 0 radical (unpaired) electrons. The van der Waals surface area contributed by atoms with E-state index in [0.29, 0.717) is 0 Å². The number of para-hydroxylation sites is 2. The molecule has 124 valence electrons. The van der Waals surface area contributed by atoms with E-state index < -0.39 is 0 Å². The number of aromatic nitrogens is 4. The van der Waals surface area contributed by atoms with Crippen molar-refractivity contribution in [3.8, 4) is 11.1 Å². The monoisotopic (exact) mass is 331 g/mol. The Hall–Kier alpha value is -3.41. The van der Waals surface area contributed by atoms with Gasteiger partial charge in [0.15, 0.2) is 0 Å². The minimum atomic E-state index is -0.370. The second-order valence-corrected chi connectivity index (χ2v) is 5.87. The average molecular weight is 331 g/mol. The minimum Gasteiger partial charge on any atom is -0.324 e. The van der Waals surface area contributed by atoms with E-state index >= 15 is 0 Å². The van der Waals surface area contributed by atoms with E-state index in [1.807, 2.05) is 66.2 Å². The van der Waals surface area contributed by atoms with Gasteiger partial charge < -0.3 is 9.88 Å². The van der Waals surface area contributed by atoms with Gasteiger partial charge in [0.1, 0.15) is 6.04 Å². The number of aromatic amines is 1. The van der Waals surface area contributed by atoms with Crippen LogP contribution in [-0.4, -0.2) is 25.7 Å². The van der Waals surface area contributed by atoms with Crippen LogP contribution in [0.3, 0.4) is 0 Å². The molecule has 0 unspecified atom stereocenters. The van der Waals surface area contributed by atoms with Crippen LogP contribution in [-0.2, 0) is 4.79 Å². The number of nitrogens with zero attached hydrogens (tertiary/aromatic N) is 3. The Kier molecular flexibility index (Phi) is 3.78. The zero-order valence-electron chi connectivity index (χ0n) is 13.7. The number of imidazole rings is 1. The fourth-order valence-corrected chi connectivity index (χ4v) is 2.85. The molecule has 25 heavy (non-hydrogen) atoms. The third kappa shape index (κ3) is 2.89. The number of amides is 1. The van der Waals surface area contributed by atoms with Gasteiger partial charge >= 0.3 is 0 Å². The molecule has 2 aromatic carbocycles. The molecule has 0 fully saturated rings. The summed E-state index contributed by atoms with van der Waals surface area (Å²) in [5.74, 6) is -0.0903. The maximum Gasteiger partial charge on any atom is 0.247 e. The van der Waals surface area contributed by atoms with Gasteiger partial charge in [-0.1, -0.05) is 24.3 Å². The van der Waals surface area contributed by atoms with Crippen molar-refractivity contribution in [2.24, 2.45) is 0 Å². The molecular weight excluding hydrogens is 314 g/mol. The Morgan fingerprint density at radius 1 is 1.16 bits per heavy atom. The van der Waals surface area contributed by atoms with Crippen LogP contribution in [0, 0.1) is 0 Å². The third-order valence-electron chi connectivity index (χ3n) is 4.24. The Balaban J connectivity index is 1.57. The van der Waals surface area contributed by atoms with E-state index in [1.54, 1.807) is 12.5 Å². The summed E-state index contributed by atoms with van der Waals surface area (Å²) in [6, 6.07) is 15.1. The quantitative estimate of drug-likeness (QED) is 0.599. The van der Waals surface area contributed by atoms with Gasteiger partial charge in [-0.3, -0.25) is 9.89 Å². The number of fused-ring (bicyclic) bond motifs is 1. The highest BCUT2D eigenvalue weighted by molar-refractivity contribution is 5.95. The number of hydrogen-bond acceptors (Lipinski definition) is 3. The van der Waals surface area contributed by atoms with Crippen molar-refractivity contribution >= 4 is 22.6 Å². The second kappa shape index (κ2) is 6.24. The standard InChI is InChI=1S/C19H17N5O/c1-13(24-12-20-17-7-2-3-8-18(17)24)19(25)23-16-6-4-5-14(9-16)15-10-21-22-11-15/h2-13H,1H3,(H,21,22)(H,23,25)/t13-/m0/s1. The second-order valence-electron chi connectivity index (χ2n) is 5.87. The number of carbonyl (C=O) groups excluding carboxylic acids is 1. The number of hydrogen-bond donors (Lipinski definition) is 2. The molecule has 2 heterocycles. The van der Waals surface area contributed by atoms with Crippen molar-refractivity contribution < 1.29 is 4.79 Å². The van der Waals surface area contributed by atoms with Crippen molar-refractivity contribution in [1.82, 2.24) is 19.7 Å². The summed E-state index contributed by atoms with van der Waals surface area (Å²) in [4.78, 5) is 17.0. The minimum absolute atomic E-state index is 0.0903. The molecule has 2 aromatic heterocycles. The van der Waals surface area contributed by atoms with Crippen LogP contribution in [0.25, 0.3) is 22.2 Å². The molecule has 4 aromatic rings. The molecule has 2 N–H and O–H groups in total. The Labute approximate surface area is 144 Å². The van der Waals surface area contributed by atoms with Gasteiger partial charge in [-0.15, -0.1) is 0 Å². The largest absolute Gasteiger partial charge is 0.324 e. The molecule has 0 aliphatic heterocycles. The van der Waals surface area contributed by atoms with Gasteiger partial charge in [-0.2, -0.15) is 5.10 Å². The summed E-state index contributed by atoms with van der Waals surface area (Å²) in [6.07, 6.45) is 5.28. The summed E-state index contributed by atoms with van der Waals surface area (Å²) in [6.45, 7) is 1.86. The molecule has 0 bridgehead atoms. The van der Waals surface area contributed by atoms with E-state index in [4.69, 9.17) is 0 Å². The van der Waals surface area contributed by atoms with Crippen LogP contribution in [0.2, 0.25) is 0 Å². The molecule has 0 saturated carbocycles. The SMILES string of the molecule is C[C@@H](C(=O)Nc1cccc(-c2cn[nH]c2)c1)n1cnc2ccccc21. The van der Waals surface area contributed by atoms with E-state index in [2.05, 4.69) is 20.5 Å². The van der Waals surface area contributed by atoms with Crippen molar-refractivity contribution in [1.29, 1.82) is 0 Å². The highest BCUT2D eigenvalue weighted by atomic mass is 16.2. The van der Waals surface area contributed by atoms with Gasteiger partial charge in [-0.05, 0) is 36.8 Å². The first kappa shape index (κ1) is 15.1. The first-order chi connectivity index (χ1) is 12.2. The van der Waals surface area contributed by atoms with Gasteiger partial charge in [0.2, 0.25) is 5.91 Å². The van der Waals surface area contributed by atoms with Crippen LogP contribution in [0.15, 0.2) is 67.3 Å². The zero-order chi connectivity index (χ0) is 17.2. The Bertz CT molecular complexity index is 1020. The van der Waals surface area contributed by atoms with E-state index in [-0.39, 0.29) is 11.9 Å². The number of rotatable bonds is 4. The lowest BCUT2D eigenvalue weighted by Crippen LogP contribution is -2.23. The van der Waals surface area contributed by atoms with Crippen LogP contribution >= 0.6 is 0 Å². The third-order valence-corrected chi connectivity index (χ3v) is 4.24. The molecule has 0 saturated heterocycles. The molecule has 0 aliphatic carbocycles. The fraction of sp³-hybridized carbons (Fsp3) is 0.105. The first-order valence-electron chi connectivity index (χ1n) is 8.04. The van der Waals surface area contributed by atoms with E-state index in [0.717, 1.165) is 27.8 Å². The van der Waals surface area contributed by atoms with Crippen LogP contribution in [0.1, 0.15) is 13.0 Å². The molecular formula is C19H17N5O. The lowest BCUT2D eigenvalue weighted by Gasteiger charge is -2.15. The number of benzene rings is 2. The first-order valence-corrected chi connectivity index (χ1v) is 8.04. The summed E-state index contributed by atoms with van der Waals surface area (Å²) in [7, 11) is 0. The fourth-order valence-electron chi connectivity index (χ4n) is 2.85. The topological polar surface area (TPSA) is 75.6 Å². The lowest BCUT2D eigenvalue weighted by molar-refractivity contribution is -0.118. The molecule has 1 atom stereocenters. The molecule has 6 heteroatoms. The summed E-state index contributed by atoms with van der Waals surface area (Å²) >= 11 is 0. The van der Waals surface area contributed by atoms with Gasteiger partial charge in [-0.25, -0.2) is 4.98 Å². The summed E-state index contributed by atoms with van der Waals surface area (Å²) in [5.41, 5.74) is 4.54. The predicted octanol–water partition coefficient (Wildman–Crippen LogP) is 3.63. The molecule has 0 spiro atoms. The molecule has 0 aliphatic rings. The normalized spacial score (nSPS) is 12.2. The zero-order valence-corrected chi connectivity index (χ0v) is 13.7. The molecule has 1 amide bonds. The number of H-pyrrole nitrogens is 1. The highest BCUT2D eigenvalue weighted by Gasteiger charge is 2.17. The number of anilines is 1. The summed E-state index contributed by atoms with van der Waals surface area (Å²) < 4.78 is 1.88. The van der Waals surface area contributed by atoms with Gasteiger partial charge in [0.25, 0.3) is 0 Å². The van der Waals surface area contributed by atoms with Gasteiger partial charge in [0, 0.05) is 17.4 Å². The number of carbonyl (C=O) groups is 1. The van der Waals surface area contributed by atoms with Gasteiger partial charge in [0.05, 0.1) is 23.6 Å². The molecule has 6 nitrogen and oxygen atoms in total. The van der Waals surface area contributed by atoms with Crippen LogP contribution in [0.5, 0.6) is 0 Å². The average Bonchev–Trinajstić information content (AvgIpc) is 3.31. The van der Waals surface area contributed by atoms with Crippen molar-refractivity contribution in [3.63, 3.8) is 0 Å². The highest BCUT2D eigenvalue weighted by Crippen LogP contribution is 2.23. The van der Waals surface area contributed by atoms with Crippen molar-refractivity contribution in [3.05, 3.63) is 67.3 Å². The predicted molar refractivity (Wildman–Crippen MR) is 97.1 cm³/mol. The summed E-state index contributed by atoms with van der Waals surface area (Å²) in [5, 5.41) is 9.73. The van der Waals surface area contributed by atoms with Crippen molar-refractivity contribution in [2.45, 2.75) is 13.0 Å². The van der Waals surface area contributed by atoms with Crippen LogP contribution in [0.4, 0.5) is 5.69 Å². The Morgan fingerprint density at radius 3 is 2.88 bits per heavy atom. The lowest BCUT2D eigenvalue weighted by atomic mass is 10.1. The maximum absolute atomic E-state index is 12.7. The number of nitrogens with one attached hydrogen (secondary N) is 2. The van der Waals surface area contributed by atoms with Crippen molar-refractivity contribution in [2.75, 3.05) is 5.32 Å². The van der Waals surface area contributed by atoms with Crippen LogP contribution < -0.4 is 5.32 Å².